The van der Waals surface area contributed by atoms with Crippen LogP contribution < -0.4 is 14.8 Å². The van der Waals surface area contributed by atoms with Gasteiger partial charge in [0, 0.05) is 23.3 Å². The molecule has 0 radical (unpaired) electrons. The van der Waals surface area contributed by atoms with E-state index in [1.807, 2.05) is 6.92 Å². The Morgan fingerprint density at radius 2 is 2.00 bits per heavy atom. The molecule has 2 N–H and O–H groups in total. The van der Waals surface area contributed by atoms with Crippen LogP contribution >= 0.6 is 0 Å². The summed E-state index contributed by atoms with van der Waals surface area (Å²) in [6.45, 7) is 2.26. The molecule has 4 rings (SSSR count). The maximum Gasteiger partial charge on any atom is 0.215 e. The SMILES string of the molecule is C[C@H]1CCCCOc2cc(F)ccc2-c2cc(ncc2F)Nc2cc(C[S-](=N)=O)cc(n2)O1. The number of halogens is 2. The molecule has 7 nitrogen and oxygen atoms in total. The van der Waals surface area contributed by atoms with Crippen molar-refractivity contribution in [1.29, 1.82) is 4.78 Å². The number of anilines is 2. The Morgan fingerprint density at radius 1 is 1.15 bits per heavy atom. The van der Waals surface area contributed by atoms with Crippen LogP contribution in [0.25, 0.3) is 11.1 Å². The fraction of sp³-hybridized carbons (Fsp3) is 0.304. The zero-order valence-electron chi connectivity index (χ0n) is 17.9. The van der Waals surface area contributed by atoms with Gasteiger partial charge in [0.05, 0.1) is 18.9 Å². The van der Waals surface area contributed by atoms with Crippen molar-refractivity contribution < 1.29 is 22.5 Å². The summed E-state index contributed by atoms with van der Waals surface area (Å²) in [6, 6.07) is 8.77. The van der Waals surface area contributed by atoms with Gasteiger partial charge in [-0.25, -0.2) is 13.8 Å². The molecule has 1 aliphatic rings. The fourth-order valence-corrected chi connectivity index (χ4v) is 4.05. The molecule has 0 aliphatic carbocycles. The summed E-state index contributed by atoms with van der Waals surface area (Å²) >= 11 is 0. The summed E-state index contributed by atoms with van der Waals surface area (Å²) in [6.07, 6.45) is 3.15. The largest absolute Gasteiger partial charge is 0.493 e. The summed E-state index contributed by atoms with van der Waals surface area (Å²) in [4.78, 5) is 8.53. The molecule has 10 heteroatoms. The van der Waals surface area contributed by atoms with Gasteiger partial charge in [0.25, 0.3) is 0 Å². The van der Waals surface area contributed by atoms with Gasteiger partial charge >= 0.3 is 0 Å². The van der Waals surface area contributed by atoms with Crippen molar-refractivity contribution in [3.8, 4) is 22.8 Å². The van der Waals surface area contributed by atoms with E-state index in [2.05, 4.69) is 15.3 Å². The zero-order chi connectivity index (χ0) is 23.4. The molecule has 0 unspecified atom stereocenters. The predicted molar refractivity (Wildman–Crippen MR) is 121 cm³/mol. The Kier molecular flexibility index (Phi) is 7.02. The topological polar surface area (TPSA) is 97.2 Å². The monoisotopic (exact) mass is 473 g/mol. The van der Waals surface area contributed by atoms with Crippen LogP contribution in [-0.4, -0.2) is 22.7 Å². The van der Waals surface area contributed by atoms with E-state index in [1.165, 1.54) is 24.3 Å². The number of hydrogen-bond acceptors (Lipinski definition) is 8. The number of nitrogens with zero attached hydrogens (tertiary/aromatic N) is 2. The normalized spacial score (nSPS) is 16.3. The molecule has 0 spiro atoms. The van der Waals surface area contributed by atoms with Crippen LogP contribution in [0.5, 0.6) is 11.6 Å². The van der Waals surface area contributed by atoms with Gasteiger partial charge in [-0.2, -0.15) is 15.6 Å². The first kappa shape index (κ1) is 22.9. The Balaban J connectivity index is 1.79. The number of rotatable bonds is 2. The van der Waals surface area contributed by atoms with Crippen LogP contribution in [0.4, 0.5) is 20.4 Å². The third-order valence-corrected chi connectivity index (χ3v) is 5.68. The van der Waals surface area contributed by atoms with E-state index in [0.29, 0.717) is 41.7 Å². The Labute approximate surface area is 192 Å². The van der Waals surface area contributed by atoms with E-state index in [1.54, 1.807) is 12.1 Å². The molecule has 1 aromatic carbocycles. The quantitative estimate of drug-likeness (QED) is 0.462. The number of ether oxygens (including phenoxy) is 2. The molecule has 2 aromatic heterocycles. The van der Waals surface area contributed by atoms with Gasteiger partial charge in [-0.1, -0.05) is 11.3 Å². The standard InChI is InChI=1S/C23H23F2N4O3S/c1-14-4-2-3-7-31-20-10-16(24)5-6-17(20)18-11-21(27-12-19(18)25)28-22-8-15(13-33(26)30)9-23(29-22)32-14/h5-6,8-12,14,26H,2-4,7,13H2,1H3,(H,27,28,29)/q-1/t14-/m0/s1. The van der Waals surface area contributed by atoms with Gasteiger partial charge in [0.2, 0.25) is 5.88 Å². The van der Waals surface area contributed by atoms with Crippen LogP contribution in [0.1, 0.15) is 31.7 Å². The highest BCUT2D eigenvalue weighted by molar-refractivity contribution is 7.72. The van der Waals surface area contributed by atoms with Gasteiger partial charge < -0.3 is 23.8 Å². The minimum absolute atomic E-state index is 0.0142. The van der Waals surface area contributed by atoms with Gasteiger partial charge in [-0.05, 0) is 50.5 Å². The molecule has 1 aliphatic heterocycles. The van der Waals surface area contributed by atoms with Crippen molar-refractivity contribution in [1.82, 2.24) is 9.97 Å². The molecule has 1 atom stereocenters. The highest BCUT2D eigenvalue weighted by Crippen LogP contribution is 2.34. The third-order valence-electron chi connectivity index (χ3n) is 5.09. The first-order valence-corrected chi connectivity index (χ1v) is 11.8. The van der Waals surface area contributed by atoms with Gasteiger partial charge in [-0.15, -0.1) is 0 Å². The molecular weight excluding hydrogens is 450 g/mol. The smallest absolute Gasteiger partial charge is 0.215 e. The van der Waals surface area contributed by atoms with Crippen molar-refractivity contribution in [3.63, 3.8) is 0 Å². The Bertz CT molecular complexity index is 1230. The Hall–Kier alpha value is -3.27. The van der Waals surface area contributed by atoms with Crippen LogP contribution in [0.15, 0.2) is 42.6 Å². The van der Waals surface area contributed by atoms with Gasteiger partial charge in [0.15, 0.2) is 0 Å². The average Bonchev–Trinajstić information content (AvgIpc) is 2.74. The van der Waals surface area contributed by atoms with E-state index >= 15 is 0 Å². The van der Waals surface area contributed by atoms with Gasteiger partial charge in [-0.3, -0.25) is 0 Å². The molecule has 3 aromatic rings. The first-order chi connectivity index (χ1) is 15.9. The fourth-order valence-electron chi connectivity index (χ4n) is 3.58. The number of hydrogen-bond donors (Lipinski definition) is 2. The lowest BCUT2D eigenvalue weighted by Crippen LogP contribution is -2.14. The van der Waals surface area contributed by atoms with Crippen LogP contribution in [0.2, 0.25) is 0 Å². The summed E-state index contributed by atoms with van der Waals surface area (Å²) in [5.41, 5.74) is 1.22. The van der Waals surface area contributed by atoms with Crippen molar-refractivity contribution in [2.24, 2.45) is 0 Å². The molecule has 174 valence electrons. The summed E-state index contributed by atoms with van der Waals surface area (Å²) in [5, 5.41) is 3.02. The number of fused-ring (bicyclic) bond motifs is 6. The van der Waals surface area contributed by atoms with Crippen LogP contribution in [-0.2, 0) is 20.6 Å². The summed E-state index contributed by atoms with van der Waals surface area (Å²) < 4.78 is 59.2. The number of benzene rings is 1. The lowest BCUT2D eigenvalue weighted by Gasteiger charge is -2.18. The number of nitrogens with one attached hydrogen (secondary N) is 2. The highest BCUT2D eigenvalue weighted by atomic mass is 32.2. The number of aromatic nitrogens is 2. The molecular formula is C23H23F2N4O3S-. The second-order valence-electron chi connectivity index (χ2n) is 7.78. The summed E-state index contributed by atoms with van der Waals surface area (Å²) in [7, 11) is -1.80. The van der Waals surface area contributed by atoms with Gasteiger partial charge in [0.1, 0.15) is 29.0 Å². The second kappa shape index (κ2) is 10.1. The molecule has 0 amide bonds. The molecule has 4 bridgehead atoms. The van der Waals surface area contributed by atoms with E-state index in [-0.39, 0.29) is 23.2 Å². The van der Waals surface area contributed by atoms with E-state index in [0.717, 1.165) is 19.0 Å². The Morgan fingerprint density at radius 3 is 2.82 bits per heavy atom. The summed E-state index contributed by atoms with van der Waals surface area (Å²) in [5.74, 6) is 0.195. The first-order valence-electron chi connectivity index (χ1n) is 10.5. The maximum absolute atomic E-state index is 14.7. The molecule has 3 heterocycles. The van der Waals surface area contributed by atoms with Crippen molar-refractivity contribution in [2.45, 2.75) is 38.0 Å². The van der Waals surface area contributed by atoms with Crippen molar-refractivity contribution >= 4 is 22.2 Å². The average molecular weight is 474 g/mol. The third kappa shape index (κ3) is 5.95. The van der Waals surface area contributed by atoms with Crippen molar-refractivity contribution in [2.75, 3.05) is 11.9 Å². The van der Waals surface area contributed by atoms with Crippen LogP contribution in [0, 0.1) is 16.4 Å². The van der Waals surface area contributed by atoms with Crippen LogP contribution in [0.3, 0.4) is 0 Å². The lowest BCUT2D eigenvalue weighted by atomic mass is 10.0. The van der Waals surface area contributed by atoms with Crippen molar-refractivity contribution in [3.05, 3.63) is 59.8 Å². The number of pyridine rings is 2. The molecule has 33 heavy (non-hydrogen) atoms. The van der Waals surface area contributed by atoms with E-state index in [9.17, 15) is 13.0 Å². The molecule has 0 saturated carbocycles. The minimum atomic E-state index is -1.80. The van der Waals surface area contributed by atoms with E-state index < -0.39 is 22.2 Å². The zero-order valence-corrected chi connectivity index (χ0v) is 18.8. The second-order valence-corrected chi connectivity index (χ2v) is 8.76. The minimum Gasteiger partial charge on any atom is -0.493 e. The predicted octanol–water partition coefficient (Wildman–Crippen LogP) is 5.72. The lowest BCUT2D eigenvalue weighted by molar-refractivity contribution is 0.194. The highest BCUT2D eigenvalue weighted by Gasteiger charge is 2.16. The molecule has 0 fully saturated rings. The van der Waals surface area contributed by atoms with E-state index in [4.69, 9.17) is 14.3 Å². The molecule has 0 saturated heterocycles. The maximum atomic E-state index is 14.7.